The summed E-state index contributed by atoms with van der Waals surface area (Å²) in [6.07, 6.45) is 0. The second kappa shape index (κ2) is 5.95. The summed E-state index contributed by atoms with van der Waals surface area (Å²) in [6, 6.07) is 8.87. The van der Waals surface area contributed by atoms with Crippen LogP contribution in [0.3, 0.4) is 0 Å². The number of hydrogen-bond donors (Lipinski definition) is 1. The van der Waals surface area contributed by atoms with Crippen LogP contribution >= 0.6 is 27.3 Å². The Labute approximate surface area is 121 Å². The third-order valence-electron chi connectivity index (χ3n) is 2.60. The Morgan fingerprint density at radius 1 is 1.28 bits per heavy atom. The fourth-order valence-electron chi connectivity index (χ4n) is 1.84. The monoisotopic (exact) mass is 324 g/mol. The average Bonchev–Trinajstić information content (AvgIpc) is 2.73. The van der Waals surface area contributed by atoms with E-state index < -0.39 is 0 Å². The molecule has 0 bridgehead atoms. The summed E-state index contributed by atoms with van der Waals surface area (Å²) < 4.78 is 1.12. The van der Waals surface area contributed by atoms with Crippen LogP contribution in [0.4, 0.5) is 0 Å². The minimum atomic E-state index is 0.152. The van der Waals surface area contributed by atoms with E-state index in [-0.39, 0.29) is 6.04 Å². The van der Waals surface area contributed by atoms with Crippen LogP contribution < -0.4 is 5.32 Å². The smallest absolute Gasteiger partial charge is 0.114 e. The fourth-order valence-corrected chi connectivity index (χ4v) is 3.23. The van der Waals surface area contributed by atoms with Gasteiger partial charge < -0.3 is 5.32 Å². The molecule has 4 heteroatoms. The van der Waals surface area contributed by atoms with Crippen LogP contribution in [0.2, 0.25) is 0 Å². The summed E-state index contributed by atoms with van der Waals surface area (Å²) in [6.45, 7) is 6.35. The molecular weight excluding hydrogens is 308 g/mol. The zero-order valence-electron chi connectivity index (χ0n) is 10.8. The molecule has 0 aliphatic rings. The van der Waals surface area contributed by atoms with Gasteiger partial charge >= 0.3 is 0 Å². The van der Waals surface area contributed by atoms with Crippen molar-refractivity contribution < 1.29 is 0 Å². The summed E-state index contributed by atoms with van der Waals surface area (Å²) in [5.74, 6) is 0. The van der Waals surface area contributed by atoms with Crippen LogP contribution in [0.15, 0.2) is 34.1 Å². The summed E-state index contributed by atoms with van der Waals surface area (Å²) in [5.41, 5.74) is 2.32. The van der Waals surface area contributed by atoms with E-state index in [1.807, 2.05) is 13.0 Å². The molecule has 1 aromatic carbocycles. The van der Waals surface area contributed by atoms with Gasteiger partial charge in [-0.3, -0.25) is 0 Å². The lowest BCUT2D eigenvalue weighted by Crippen LogP contribution is -2.29. The van der Waals surface area contributed by atoms with Gasteiger partial charge in [-0.25, -0.2) is 4.98 Å². The molecular formula is C14H17BrN2S. The maximum atomic E-state index is 4.62. The second-order valence-corrected chi connectivity index (χ2v) is 6.35. The van der Waals surface area contributed by atoms with Crippen LogP contribution in [0, 0.1) is 6.92 Å². The first-order chi connectivity index (χ1) is 8.58. The highest BCUT2D eigenvalue weighted by Gasteiger charge is 2.20. The normalized spacial score (nSPS) is 12.9. The molecule has 0 saturated carbocycles. The third kappa shape index (κ3) is 3.19. The minimum absolute atomic E-state index is 0.152. The molecule has 0 amide bonds. The van der Waals surface area contributed by atoms with Crippen LogP contribution in [-0.2, 0) is 0 Å². The van der Waals surface area contributed by atoms with E-state index in [1.165, 1.54) is 5.56 Å². The highest BCUT2D eigenvalue weighted by Crippen LogP contribution is 2.30. The van der Waals surface area contributed by atoms with Crippen LogP contribution in [0.1, 0.15) is 36.2 Å². The van der Waals surface area contributed by atoms with Gasteiger partial charge in [0.1, 0.15) is 5.01 Å². The van der Waals surface area contributed by atoms with E-state index in [1.54, 1.807) is 11.3 Å². The lowest BCUT2D eigenvalue weighted by molar-refractivity contribution is 0.525. The van der Waals surface area contributed by atoms with Crippen LogP contribution in [0.25, 0.3) is 0 Å². The molecule has 1 N–H and O–H groups in total. The van der Waals surface area contributed by atoms with Gasteiger partial charge in [-0.15, -0.1) is 11.3 Å². The molecule has 1 atom stereocenters. The van der Waals surface area contributed by atoms with Gasteiger partial charge in [0, 0.05) is 21.6 Å². The molecule has 0 radical (unpaired) electrons. The van der Waals surface area contributed by atoms with Gasteiger partial charge in [0.15, 0.2) is 0 Å². The average molecular weight is 325 g/mol. The molecule has 0 aliphatic carbocycles. The zero-order chi connectivity index (χ0) is 13.1. The topological polar surface area (TPSA) is 24.9 Å². The number of aromatic nitrogens is 1. The van der Waals surface area contributed by atoms with Gasteiger partial charge in [0.25, 0.3) is 0 Å². The van der Waals surface area contributed by atoms with E-state index >= 15 is 0 Å². The molecule has 2 rings (SSSR count). The number of thiazole rings is 1. The van der Waals surface area contributed by atoms with Gasteiger partial charge in [-0.2, -0.15) is 0 Å². The quantitative estimate of drug-likeness (QED) is 0.906. The number of halogens is 1. The van der Waals surface area contributed by atoms with Gasteiger partial charge in [-0.1, -0.05) is 34.1 Å². The predicted molar refractivity (Wildman–Crippen MR) is 81.1 cm³/mol. The maximum absolute atomic E-state index is 4.62. The van der Waals surface area contributed by atoms with E-state index in [0.717, 1.165) is 15.2 Å². The Balaban J connectivity index is 2.40. The van der Waals surface area contributed by atoms with Crippen molar-refractivity contribution in [1.29, 1.82) is 0 Å². The Morgan fingerprint density at radius 3 is 2.56 bits per heavy atom. The standard InChI is InChI=1S/C14H17BrN2S/c1-9(2)16-13(14-17-10(3)8-18-14)11-6-4-5-7-12(11)15/h4-9,13,16H,1-3H3. The lowest BCUT2D eigenvalue weighted by atomic mass is 10.1. The predicted octanol–water partition coefficient (Wildman–Crippen LogP) is 4.30. The van der Waals surface area contributed by atoms with Crippen molar-refractivity contribution in [2.24, 2.45) is 0 Å². The summed E-state index contributed by atoms with van der Waals surface area (Å²) in [7, 11) is 0. The summed E-state index contributed by atoms with van der Waals surface area (Å²) in [5, 5.41) is 6.80. The van der Waals surface area contributed by atoms with Crippen molar-refractivity contribution in [3.63, 3.8) is 0 Å². The minimum Gasteiger partial charge on any atom is -0.302 e. The Kier molecular flexibility index (Phi) is 4.54. The number of benzene rings is 1. The lowest BCUT2D eigenvalue weighted by Gasteiger charge is -2.20. The number of hydrogen-bond acceptors (Lipinski definition) is 3. The SMILES string of the molecule is Cc1csc(C(NC(C)C)c2ccccc2Br)n1. The molecule has 1 aromatic heterocycles. The number of aryl methyl sites for hydroxylation is 1. The van der Waals surface area contributed by atoms with Gasteiger partial charge in [-0.05, 0) is 32.4 Å². The van der Waals surface area contributed by atoms with Crippen molar-refractivity contribution in [1.82, 2.24) is 10.3 Å². The van der Waals surface area contributed by atoms with Gasteiger partial charge in [0.05, 0.1) is 6.04 Å². The Morgan fingerprint density at radius 2 is 2.00 bits per heavy atom. The molecule has 2 aromatic rings. The number of nitrogens with one attached hydrogen (secondary N) is 1. The van der Waals surface area contributed by atoms with E-state index in [9.17, 15) is 0 Å². The molecule has 18 heavy (non-hydrogen) atoms. The molecule has 1 unspecified atom stereocenters. The molecule has 1 heterocycles. The first kappa shape index (κ1) is 13.7. The largest absolute Gasteiger partial charge is 0.302 e. The molecule has 2 nitrogen and oxygen atoms in total. The molecule has 0 aliphatic heterocycles. The molecule has 96 valence electrons. The first-order valence-electron chi connectivity index (χ1n) is 6.00. The third-order valence-corrected chi connectivity index (χ3v) is 4.35. The number of nitrogens with zero attached hydrogens (tertiary/aromatic N) is 1. The highest BCUT2D eigenvalue weighted by atomic mass is 79.9. The van der Waals surface area contributed by atoms with Crippen molar-refractivity contribution in [2.75, 3.05) is 0 Å². The van der Waals surface area contributed by atoms with Gasteiger partial charge in [0.2, 0.25) is 0 Å². The van der Waals surface area contributed by atoms with E-state index in [0.29, 0.717) is 6.04 Å². The van der Waals surface area contributed by atoms with Crippen LogP contribution in [-0.4, -0.2) is 11.0 Å². The van der Waals surface area contributed by atoms with Crippen LogP contribution in [0.5, 0.6) is 0 Å². The summed E-state index contributed by atoms with van der Waals surface area (Å²) in [4.78, 5) is 4.62. The zero-order valence-corrected chi connectivity index (χ0v) is 13.2. The Hall–Kier alpha value is -0.710. The van der Waals surface area contributed by atoms with Crippen molar-refractivity contribution >= 4 is 27.3 Å². The maximum Gasteiger partial charge on any atom is 0.114 e. The molecule has 0 fully saturated rings. The highest BCUT2D eigenvalue weighted by molar-refractivity contribution is 9.10. The summed E-state index contributed by atoms with van der Waals surface area (Å²) >= 11 is 5.34. The first-order valence-corrected chi connectivity index (χ1v) is 7.67. The van der Waals surface area contributed by atoms with Crippen molar-refractivity contribution in [2.45, 2.75) is 32.9 Å². The van der Waals surface area contributed by atoms with E-state index in [2.05, 4.69) is 63.7 Å². The molecule has 0 spiro atoms. The fraction of sp³-hybridized carbons (Fsp3) is 0.357. The number of rotatable bonds is 4. The van der Waals surface area contributed by atoms with Crippen molar-refractivity contribution in [3.05, 3.63) is 50.4 Å². The second-order valence-electron chi connectivity index (χ2n) is 4.60. The van der Waals surface area contributed by atoms with E-state index in [4.69, 9.17) is 0 Å². The van der Waals surface area contributed by atoms with Crippen molar-refractivity contribution in [3.8, 4) is 0 Å². The Bertz CT molecular complexity index is 522. The molecule has 0 saturated heterocycles.